The third kappa shape index (κ3) is 3.22. The average Bonchev–Trinajstić information content (AvgIpc) is 3.45. The Balaban J connectivity index is 1.23. The molecule has 1 saturated heterocycles. The third-order valence-electron chi connectivity index (χ3n) is 6.17. The van der Waals surface area contributed by atoms with Crippen LogP contribution in [0.2, 0.25) is 0 Å². The Labute approximate surface area is 155 Å². The number of rotatable bonds is 5. The summed E-state index contributed by atoms with van der Waals surface area (Å²) in [6.45, 7) is 4.47. The van der Waals surface area contributed by atoms with Crippen molar-refractivity contribution in [3.63, 3.8) is 0 Å². The highest BCUT2D eigenvalue weighted by molar-refractivity contribution is 5.41. The van der Waals surface area contributed by atoms with Crippen LogP contribution < -0.4 is 4.90 Å². The number of piperidine rings is 1. The second-order valence-electron chi connectivity index (χ2n) is 7.99. The van der Waals surface area contributed by atoms with Crippen LogP contribution in [0.5, 0.6) is 0 Å². The lowest BCUT2D eigenvalue weighted by atomic mass is 10.0. The van der Waals surface area contributed by atoms with Crippen molar-refractivity contribution in [3.8, 4) is 0 Å². The van der Waals surface area contributed by atoms with Crippen molar-refractivity contribution in [2.45, 2.75) is 70.1 Å². The monoisotopic (exact) mass is 352 g/mol. The van der Waals surface area contributed by atoms with Crippen LogP contribution in [0.4, 0.5) is 5.82 Å². The van der Waals surface area contributed by atoms with Crippen molar-refractivity contribution in [1.82, 2.24) is 24.4 Å². The minimum atomic E-state index is 0.614. The predicted molar refractivity (Wildman–Crippen MR) is 101 cm³/mol. The average molecular weight is 352 g/mol. The number of likely N-dealkylation sites (tertiary alicyclic amines) is 1. The molecule has 2 aliphatic heterocycles. The molecule has 0 radical (unpaired) electrons. The van der Waals surface area contributed by atoms with Crippen LogP contribution in [0.25, 0.3) is 0 Å². The lowest BCUT2D eigenvalue weighted by Crippen LogP contribution is -2.46. The molecule has 0 N–H and O–H groups in total. The molecule has 0 unspecified atom stereocenters. The first kappa shape index (κ1) is 16.2. The number of imidazole rings is 1. The van der Waals surface area contributed by atoms with Crippen LogP contribution in [0, 0.1) is 0 Å². The molecule has 0 bridgehead atoms. The maximum absolute atomic E-state index is 4.73. The minimum absolute atomic E-state index is 0.614. The molecular weight excluding hydrogens is 324 g/mol. The maximum Gasteiger partial charge on any atom is 0.132 e. The molecule has 0 spiro atoms. The maximum atomic E-state index is 4.73. The first-order valence-electron chi connectivity index (χ1n) is 10.2. The fourth-order valence-corrected chi connectivity index (χ4v) is 4.65. The molecular formula is C20H28N6. The van der Waals surface area contributed by atoms with E-state index < -0.39 is 0 Å². The molecule has 0 amide bonds. The van der Waals surface area contributed by atoms with E-state index in [9.17, 15) is 0 Å². The number of aromatic nitrogens is 4. The van der Waals surface area contributed by atoms with Crippen LogP contribution >= 0.6 is 0 Å². The lowest BCUT2D eigenvalue weighted by molar-refractivity contribution is 0.193. The molecule has 2 fully saturated rings. The molecule has 4 heterocycles. The van der Waals surface area contributed by atoms with E-state index >= 15 is 0 Å². The van der Waals surface area contributed by atoms with Gasteiger partial charge in [0.1, 0.15) is 18.0 Å². The van der Waals surface area contributed by atoms with E-state index in [4.69, 9.17) is 4.98 Å². The SMILES string of the molecule is c1cc(N(C2CC2)C2CCN(Cc3ncc4n3CCCC4)CC2)ncn1. The van der Waals surface area contributed by atoms with Crippen molar-refractivity contribution in [1.29, 1.82) is 0 Å². The van der Waals surface area contributed by atoms with E-state index in [-0.39, 0.29) is 0 Å². The molecule has 26 heavy (non-hydrogen) atoms. The van der Waals surface area contributed by atoms with Crippen LogP contribution in [-0.2, 0) is 19.5 Å². The third-order valence-corrected chi connectivity index (χ3v) is 6.17. The summed E-state index contributed by atoms with van der Waals surface area (Å²) in [7, 11) is 0. The Morgan fingerprint density at radius 1 is 1.00 bits per heavy atom. The van der Waals surface area contributed by atoms with Gasteiger partial charge in [-0.25, -0.2) is 15.0 Å². The largest absolute Gasteiger partial charge is 0.350 e. The van der Waals surface area contributed by atoms with Crippen molar-refractivity contribution in [2.24, 2.45) is 0 Å². The zero-order chi connectivity index (χ0) is 17.3. The van der Waals surface area contributed by atoms with E-state index in [1.165, 1.54) is 56.5 Å². The fraction of sp³-hybridized carbons (Fsp3) is 0.650. The second-order valence-corrected chi connectivity index (χ2v) is 7.99. The molecule has 0 atom stereocenters. The standard InChI is InChI=1S/C20H28N6/c1-2-10-25-18(3-1)13-22-20(25)14-24-11-7-17(8-12-24)26(16-4-5-16)19-6-9-21-15-23-19/h6,9,13,15-17H,1-5,7-8,10-12,14H2. The Morgan fingerprint density at radius 3 is 2.62 bits per heavy atom. The second kappa shape index (κ2) is 6.99. The number of hydrogen-bond donors (Lipinski definition) is 0. The molecule has 0 aromatic carbocycles. The van der Waals surface area contributed by atoms with Gasteiger partial charge in [-0.3, -0.25) is 4.90 Å². The summed E-state index contributed by atoms with van der Waals surface area (Å²) in [5, 5.41) is 0. The van der Waals surface area contributed by atoms with Gasteiger partial charge in [0.2, 0.25) is 0 Å². The van der Waals surface area contributed by atoms with E-state index in [2.05, 4.69) is 36.6 Å². The van der Waals surface area contributed by atoms with Crippen LogP contribution in [0.1, 0.15) is 50.0 Å². The molecule has 3 aliphatic rings. The molecule has 2 aromatic rings. The topological polar surface area (TPSA) is 50.1 Å². The van der Waals surface area contributed by atoms with E-state index in [1.807, 2.05) is 6.20 Å². The predicted octanol–water partition coefficient (Wildman–Crippen LogP) is 2.64. The summed E-state index contributed by atoms with van der Waals surface area (Å²) < 4.78 is 2.47. The van der Waals surface area contributed by atoms with Gasteiger partial charge in [0, 0.05) is 49.8 Å². The highest BCUT2D eigenvalue weighted by atomic mass is 15.3. The number of anilines is 1. The summed E-state index contributed by atoms with van der Waals surface area (Å²) in [5.74, 6) is 2.39. The number of aryl methyl sites for hydroxylation is 1. The zero-order valence-electron chi connectivity index (χ0n) is 15.4. The number of fused-ring (bicyclic) bond motifs is 1. The quantitative estimate of drug-likeness (QED) is 0.828. The zero-order valence-corrected chi connectivity index (χ0v) is 15.4. The van der Waals surface area contributed by atoms with Crippen LogP contribution in [0.3, 0.4) is 0 Å². The minimum Gasteiger partial charge on any atom is -0.350 e. The summed E-state index contributed by atoms with van der Waals surface area (Å²) in [6.07, 6.45) is 14.5. The Morgan fingerprint density at radius 2 is 1.85 bits per heavy atom. The molecule has 5 rings (SSSR count). The molecule has 1 saturated carbocycles. The molecule has 6 nitrogen and oxygen atoms in total. The summed E-state index contributed by atoms with van der Waals surface area (Å²) in [4.78, 5) is 18.5. The van der Waals surface area contributed by atoms with Crippen molar-refractivity contribution < 1.29 is 0 Å². The van der Waals surface area contributed by atoms with Gasteiger partial charge in [0.05, 0.1) is 6.54 Å². The van der Waals surface area contributed by atoms with Gasteiger partial charge >= 0.3 is 0 Å². The van der Waals surface area contributed by atoms with Crippen LogP contribution in [-0.4, -0.2) is 49.6 Å². The smallest absolute Gasteiger partial charge is 0.132 e. The van der Waals surface area contributed by atoms with Gasteiger partial charge in [-0.1, -0.05) is 0 Å². The number of hydrogen-bond acceptors (Lipinski definition) is 5. The first-order chi connectivity index (χ1) is 12.9. The Hall–Kier alpha value is -1.95. The Bertz CT molecular complexity index is 730. The normalized spacial score (nSPS) is 21.5. The summed E-state index contributed by atoms with van der Waals surface area (Å²) in [6, 6.07) is 3.38. The molecule has 1 aliphatic carbocycles. The highest BCUT2D eigenvalue weighted by Gasteiger charge is 2.36. The molecule has 2 aromatic heterocycles. The van der Waals surface area contributed by atoms with Gasteiger partial charge in [0.15, 0.2) is 0 Å². The van der Waals surface area contributed by atoms with Gasteiger partial charge in [-0.05, 0) is 51.0 Å². The Kier molecular flexibility index (Phi) is 4.36. The van der Waals surface area contributed by atoms with Gasteiger partial charge in [-0.2, -0.15) is 0 Å². The first-order valence-corrected chi connectivity index (χ1v) is 10.2. The molecule has 138 valence electrons. The molecule has 6 heteroatoms. The summed E-state index contributed by atoms with van der Waals surface area (Å²) in [5.41, 5.74) is 1.44. The fourth-order valence-electron chi connectivity index (χ4n) is 4.65. The van der Waals surface area contributed by atoms with Gasteiger partial charge in [-0.15, -0.1) is 0 Å². The lowest BCUT2D eigenvalue weighted by Gasteiger charge is -2.39. The van der Waals surface area contributed by atoms with Crippen LogP contribution in [0.15, 0.2) is 24.8 Å². The van der Waals surface area contributed by atoms with Gasteiger partial charge < -0.3 is 9.47 Å². The van der Waals surface area contributed by atoms with E-state index in [1.54, 1.807) is 6.33 Å². The highest BCUT2D eigenvalue weighted by Crippen LogP contribution is 2.35. The van der Waals surface area contributed by atoms with Crippen molar-refractivity contribution in [3.05, 3.63) is 36.3 Å². The summed E-state index contributed by atoms with van der Waals surface area (Å²) >= 11 is 0. The number of nitrogens with zero attached hydrogens (tertiary/aromatic N) is 6. The van der Waals surface area contributed by atoms with Crippen molar-refractivity contribution >= 4 is 5.82 Å². The van der Waals surface area contributed by atoms with Crippen molar-refractivity contribution in [2.75, 3.05) is 18.0 Å². The van der Waals surface area contributed by atoms with E-state index in [0.29, 0.717) is 12.1 Å². The van der Waals surface area contributed by atoms with E-state index in [0.717, 1.165) is 32.0 Å². The van der Waals surface area contributed by atoms with Gasteiger partial charge in [0.25, 0.3) is 0 Å².